The number of rotatable bonds is 7. The summed E-state index contributed by atoms with van der Waals surface area (Å²) in [6, 6.07) is 6.65. The zero-order valence-electron chi connectivity index (χ0n) is 12.5. The van der Waals surface area contributed by atoms with Gasteiger partial charge in [-0.15, -0.1) is 12.4 Å². The minimum Gasteiger partial charge on any atom is -0.352 e. The van der Waals surface area contributed by atoms with Gasteiger partial charge in [-0.3, -0.25) is 9.52 Å². The SMILES string of the molecule is CCCS(=O)(=O)Nc1ccccc1C(=O)NCC1CNC1.Cl. The third kappa shape index (κ3) is 5.15. The van der Waals surface area contributed by atoms with Gasteiger partial charge in [-0.1, -0.05) is 19.1 Å². The molecule has 1 aromatic rings. The summed E-state index contributed by atoms with van der Waals surface area (Å²) < 4.78 is 26.2. The van der Waals surface area contributed by atoms with Crippen molar-refractivity contribution in [1.29, 1.82) is 0 Å². The maximum atomic E-state index is 12.2. The number of nitrogens with one attached hydrogen (secondary N) is 3. The quantitative estimate of drug-likeness (QED) is 0.692. The predicted octanol–water partition coefficient (Wildman–Crippen LogP) is 1.21. The molecule has 22 heavy (non-hydrogen) atoms. The van der Waals surface area contributed by atoms with E-state index in [4.69, 9.17) is 0 Å². The number of halogens is 1. The van der Waals surface area contributed by atoms with Crippen LogP contribution in [-0.2, 0) is 10.0 Å². The Morgan fingerprint density at radius 2 is 2.00 bits per heavy atom. The van der Waals surface area contributed by atoms with Gasteiger partial charge in [-0.05, 0) is 18.6 Å². The number of sulfonamides is 1. The van der Waals surface area contributed by atoms with Crippen molar-refractivity contribution < 1.29 is 13.2 Å². The normalized spacial score (nSPS) is 14.6. The van der Waals surface area contributed by atoms with Gasteiger partial charge >= 0.3 is 0 Å². The molecule has 1 heterocycles. The van der Waals surface area contributed by atoms with Gasteiger partial charge in [0.1, 0.15) is 0 Å². The van der Waals surface area contributed by atoms with E-state index in [1.165, 1.54) is 0 Å². The lowest BCUT2D eigenvalue weighted by molar-refractivity contribution is 0.0943. The standard InChI is InChI=1S/C14H21N3O3S.ClH/c1-2-7-21(19,20)17-13-6-4-3-5-12(13)14(18)16-10-11-8-15-9-11;/h3-6,11,15,17H,2,7-10H2,1H3,(H,16,18);1H. The summed E-state index contributed by atoms with van der Waals surface area (Å²) in [5.41, 5.74) is 0.680. The van der Waals surface area contributed by atoms with Crippen LogP contribution in [0.1, 0.15) is 23.7 Å². The third-order valence-electron chi connectivity index (χ3n) is 3.33. The van der Waals surface area contributed by atoms with Crippen LogP contribution < -0.4 is 15.4 Å². The van der Waals surface area contributed by atoms with Crippen LogP contribution in [0.15, 0.2) is 24.3 Å². The molecule has 124 valence electrons. The van der Waals surface area contributed by atoms with E-state index < -0.39 is 10.0 Å². The van der Waals surface area contributed by atoms with Crippen molar-refractivity contribution in [2.75, 3.05) is 30.1 Å². The van der Waals surface area contributed by atoms with E-state index in [9.17, 15) is 13.2 Å². The van der Waals surface area contributed by atoms with Gasteiger partial charge in [0.15, 0.2) is 0 Å². The molecule has 0 aromatic heterocycles. The van der Waals surface area contributed by atoms with E-state index in [1.54, 1.807) is 31.2 Å². The first-order valence-corrected chi connectivity index (χ1v) is 8.75. The van der Waals surface area contributed by atoms with E-state index in [0.717, 1.165) is 13.1 Å². The molecule has 0 spiro atoms. The fraction of sp³-hybridized carbons (Fsp3) is 0.500. The zero-order valence-corrected chi connectivity index (χ0v) is 14.1. The number of hydrogen-bond acceptors (Lipinski definition) is 4. The molecule has 3 N–H and O–H groups in total. The van der Waals surface area contributed by atoms with Crippen molar-refractivity contribution >= 4 is 34.0 Å². The van der Waals surface area contributed by atoms with E-state index in [1.807, 2.05) is 0 Å². The van der Waals surface area contributed by atoms with Gasteiger partial charge in [-0.2, -0.15) is 0 Å². The van der Waals surface area contributed by atoms with Gasteiger partial charge in [0, 0.05) is 25.6 Å². The largest absolute Gasteiger partial charge is 0.352 e. The number of carbonyl (C=O) groups excluding carboxylic acids is 1. The molecule has 0 aliphatic carbocycles. The lowest BCUT2D eigenvalue weighted by atomic mass is 10.0. The van der Waals surface area contributed by atoms with Crippen molar-refractivity contribution in [3.63, 3.8) is 0 Å². The van der Waals surface area contributed by atoms with Crippen LogP contribution >= 0.6 is 12.4 Å². The first-order chi connectivity index (χ1) is 10.0. The molecule has 2 rings (SSSR count). The molecule has 6 nitrogen and oxygen atoms in total. The van der Waals surface area contributed by atoms with Crippen LogP contribution in [0.5, 0.6) is 0 Å². The Balaban J connectivity index is 0.00000242. The predicted molar refractivity (Wildman–Crippen MR) is 90.1 cm³/mol. The Kier molecular flexibility index (Phi) is 7.12. The molecule has 0 bridgehead atoms. The smallest absolute Gasteiger partial charge is 0.253 e. The van der Waals surface area contributed by atoms with Crippen LogP contribution in [0.25, 0.3) is 0 Å². The average Bonchev–Trinajstić information content (AvgIpc) is 2.36. The highest BCUT2D eigenvalue weighted by Crippen LogP contribution is 2.17. The number of carbonyl (C=O) groups is 1. The Bertz CT molecular complexity index is 603. The molecule has 1 saturated heterocycles. The van der Waals surface area contributed by atoms with Gasteiger partial charge in [0.05, 0.1) is 17.0 Å². The second-order valence-electron chi connectivity index (χ2n) is 5.20. The van der Waals surface area contributed by atoms with Crippen molar-refractivity contribution in [1.82, 2.24) is 10.6 Å². The molecule has 0 unspecified atom stereocenters. The first kappa shape index (κ1) is 18.7. The molecular formula is C14H22ClN3O3S. The fourth-order valence-corrected chi connectivity index (χ4v) is 3.24. The van der Waals surface area contributed by atoms with E-state index in [-0.39, 0.29) is 24.1 Å². The minimum absolute atomic E-state index is 0. The van der Waals surface area contributed by atoms with Crippen LogP contribution in [0, 0.1) is 5.92 Å². The van der Waals surface area contributed by atoms with Crippen molar-refractivity contribution in [2.24, 2.45) is 5.92 Å². The molecule has 1 aromatic carbocycles. The monoisotopic (exact) mass is 347 g/mol. The second kappa shape index (κ2) is 8.36. The third-order valence-corrected chi connectivity index (χ3v) is 4.80. The van der Waals surface area contributed by atoms with Gasteiger partial charge < -0.3 is 10.6 Å². The summed E-state index contributed by atoms with van der Waals surface area (Å²) in [6.45, 7) is 4.21. The molecule has 0 saturated carbocycles. The van der Waals surface area contributed by atoms with E-state index in [2.05, 4.69) is 15.4 Å². The van der Waals surface area contributed by atoms with Crippen molar-refractivity contribution in [3.8, 4) is 0 Å². The topological polar surface area (TPSA) is 87.3 Å². The molecule has 1 amide bonds. The minimum atomic E-state index is -3.41. The van der Waals surface area contributed by atoms with Crippen LogP contribution in [0.3, 0.4) is 0 Å². The Morgan fingerprint density at radius 3 is 2.59 bits per heavy atom. The van der Waals surface area contributed by atoms with Crippen molar-refractivity contribution in [3.05, 3.63) is 29.8 Å². The number of amides is 1. The summed E-state index contributed by atoms with van der Waals surface area (Å²) in [7, 11) is -3.41. The van der Waals surface area contributed by atoms with Crippen LogP contribution in [-0.4, -0.2) is 39.7 Å². The maximum absolute atomic E-state index is 12.2. The molecule has 0 atom stereocenters. The van der Waals surface area contributed by atoms with Gasteiger partial charge in [-0.25, -0.2) is 8.42 Å². The van der Waals surface area contributed by atoms with Crippen LogP contribution in [0.2, 0.25) is 0 Å². The summed E-state index contributed by atoms with van der Waals surface area (Å²) in [4.78, 5) is 12.2. The fourth-order valence-electron chi connectivity index (χ4n) is 2.08. The average molecular weight is 348 g/mol. The van der Waals surface area contributed by atoms with E-state index in [0.29, 0.717) is 30.1 Å². The zero-order chi connectivity index (χ0) is 15.3. The van der Waals surface area contributed by atoms with Crippen LogP contribution in [0.4, 0.5) is 5.69 Å². The molecule has 1 aliphatic heterocycles. The first-order valence-electron chi connectivity index (χ1n) is 7.10. The lowest BCUT2D eigenvalue weighted by Gasteiger charge is -2.27. The Labute approximate surface area is 137 Å². The highest BCUT2D eigenvalue weighted by atomic mass is 35.5. The summed E-state index contributed by atoms with van der Waals surface area (Å²) in [5, 5.41) is 5.98. The molecule has 0 radical (unpaired) electrons. The number of hydrogen-bond donors (Lipinski definition) is 3. The van der Waals surface area contributed by atoms with Gasteiger partial charge in [0.25, 0.3) is 5.91 Å². The van der Waals surface area contributed by atoms with Crippen molar-refractivity contribution in [2.45, 2.75) is 13.3 Å². The maximum Gasteiger partial charge on any atom is 0.253 e. The molecule has 8 heteroatoms. The summed E-state index contributed by atoms with van der Waals surface area (Å²) >= 11 is 0. The summed E-state index contributed by atoms with van der Waals surface area (Å²) in [6.07, 6.45) is 0.526. The number of benzene rings is 1. The highest BCUT2D eigenvalue weighted by Gasteiger charge is 2.19. The number of anilines is 1. The second-order valence-corrected chi connectivity index (χ2v) is 7.04. The molecule has 1 aliphatic rings. The Hall–Kier alpha value is -1.31. The molecule has 1 fully saturated rings. The molecular weight excluding hydrogens is 326 g/mol. The number of para-hydroxylation sites is 1. The lowest BCUT2D eigenvalue weighted by Crippen LogP contribution is -2.48. The highest BCUT2D eigenvalue weighted by molar-refractivity contribution is 7.92. The summed E-state index contributed by atoms with van der Waals surface area (Å²) in [5.74, 6) is 0.242. The Morgan fingerprint density at radius 1 is 1.32 bits per heavy atom. The van der Waals surface area contributed by atoms with E-state index >= 15 is 0 Å². The van der Waals surface area contributed by atoms with Gasteiger partial charge in [0.2, 0.25) is 10.0 Å².